The quantitative estimate of drug-likeness (QED) is 0.886. The maximum absolute atomic E-state index is 11.0. The van der Waals surface area contributed by atoms with E-state index in [1.807, 2.05) is 0 Å². The molecule has 1 N–H and O–H groups in total. The van der Waals surface area contributed by atoms with E-state index in [4.69, 9.17) is 9.84 Å². The second-order valence-electron chi connectivity index (χ2n) is 5.06. The second-order valence-corrected chi connectivity index (χ2v) is 5.91. The lowest BCUT2D eigenvalue weighted by atomic mass is 9.85. The molecule has 1 aromatic rings. The third-order valence-corrected chi connectivity index (χ3v) is 4.48. The van der Waals surface area contributed by atoms with Gasteiger partial charge in [-0.2, -0.15) is 0 Å². The van der Waals surface area contributed by atoms with Gasteiger partial charge in [0, 0.05) is 0 Å². The monoisotopic (exact) mass is 326 g/mol. The first kappa shape index (κ1) is 14.4. The van der Waals surface area contributed by atoms with E-state index >= 15 is 0 Å². The molecule has 0 spiro atoms. The van der Waals surface area contributed by atoms with Crippen molar-refractivity contribution in [2.24, 2.45) is 5.92 Å². The first-order chi connectivity index (χ1) is 9.11. The van der Waals surface area contributed by atoms with E-state index < -0.39 is 5.97 Å². The minimum atomic E-state index is -0.923. The number of rotatable bonds is 4. The van der Waals surface area contributed by atoms with Gasteiger partial charge in [0.15, 0.2) is 0 Å². The summed E-state index contributed by atoms with van der Waals surface area (Å²) in [6, 6.07) is 4.92. The van der Waals surface area contributed by atoms with Gasteiger partial charge in [-0.1, -0.05) is 13.3 Å². The summed E-state index contributed by atoms with van der Waals surface area (Å²) in [7, 11) is 0. The van der Waals surface area contributed by atoms with Gasteiger partial charge < -0.3 is 9.84 Å². The lowest BCUT2D eigenvalue weighted by Gasteiger charge is -2.31. The van der Waals surface area contributed by atoms with Crippen LogP contribution in [0, 0.1) is 5.92 Å². The Kier molecular flexibility index (Phi) is 4.86. The highest BCUT2D eigenvalue weighted by molar-refractivity contribution is 9.10. The number of ether oxygens (including phenoxy) is 1. The van der Waals surface area contributed by atoms with Crippen molar-refractivity contribution in [1.82, 2.24) is 0 Å². The normalized spacial score (nSPS) is 23.1. The van der Waals surface area contributed by atoms with Crippen LogP contribution in [0.3, 0.4) is 0 Å². The maximum Gasteiger partial charge on any atom is 0.335 e. The van der Waals surface area contributed by atoms with E-state index in [1.54, 1.807) is 18.2 Å². The minimum Gasteiger partial charge on any atom is -0.489 e. The molecule has 2 unspecified atom stereocenters. The number of halogens is 1. The summed E-state index contributed by atoms with van der Waals surface area (Å²) in [5.74, 6) is 0.299. The third kappa shape index (κ3) is 3.50. The van der Waals surface area contributed by atoms with Gasteiger partial charge in [-0.25, -0.2) is 4.79 Å². The highest BCUT2D eigenvalue weighted by Crippen LogP contribution is 2.34. The van der Waals surface area contributed by atoms with Crippen LogP contribution in [0.1, 0.15) is 49.4 Å². The van der Waals surface area contributed by atoms with Crippen LogP contribution >= 0.6 is 15.9 Å². The summed E-state index contributed by atoms with van der Waals surface area (Å²) in [6.45, 7) is 2.19. The Bertz CT molecular complexity index is 459. The van der Waals surface area contributed by atoms with Crippen molar-refractivity contribution in [3.63, 3.8) is 0 Å². The highest BCUT2D eigenvalue weighted by atomic mass is 79.9. The number of carboxylic acids is 1. The molecule has 1 aromatic carbocycles. The lowest BCUT2D eigenvalue weighted by molar-refractivity contribution is 0.0692. The molecule has 0 aromatic heterocycles. The molecule has 19 heavy (non-hydrogen) atoms. The topological polar surface area (TPSA) is 46.5 Å². The van der Waals surface area contributed by atoms with Crippen LogP contribution in [0.2, 0.25) is 0 Å². The molecular formula is C15H19BrO3. The molecule has 0 heterocycles. The van der Waals surface area contributed by atoms with Crippen molar-refractivity contribution in [3.05, 3.63) is 28.2 Å². The first-order valence-electron chi connectivity index (χ1n) is 6.81. The molecule has 1 aliphatic rings. The largest absolute Gasteiger partial charge is 0.489 e. The number of hydrogen-bond donors (Lipinski definition) is 1. The van der Waals surface area contributed by atoms with Gasteiger partial charge in [0.2, 0.25) is 0 Å². The van der Waals surface area contributed by atoms with Crippen LogP contribution in [-0.4, -0.2) is 17.2 Å². The standard InChI is InChI=1S/C15H19BrO3/c1-2-10-5-3-4-6-13(10)19-14-9-11(15(17)18)7-8-12(14)16/h7-10,13H,2-6H2,1H3,(H,17,18). The van der Waals surface area contributed by atoms with Gasteiger partial charge in [0.25, 0.3) is 0 Å². The average Bonchev–Trinajstić information content (AvgIpc) is 2.41. The predicted molar refractivity (Wildman–Crippen MR) is 77.8 cm³/mol. The fourth-order valence-corrected chi connectivity index (χ4v) is 3.03. The predicted octanol–water partition coefficient (Wildman–Crippen LogP) is 4.49. The van der Waals surface area contributed by atoms with Gasteiger partial charge in [-0.05, 0) is 65.7 Å². The van der Waals surface area contributed by atoms with E-state index in [9.17, 15) is 4.79 Å². The molecule has 0 radical (unpaired) electrons. The summed E-state index contributed by atoms with van der Waals surface area (Å²) < 4.78 is 6.89. The van der Waals surface area contributed by atoms with E-state index in [0.717, 1.165) is 17.3 Å². The van der Waals surface area contributed by atoms with Crippen LogP contribution in [0.4, 0.5) is 0 Å². The Hall–Kier alpha value is -1.03. The summed E-state index contributed by atoms with van der Waals surface area (Å²) in [5.41, 5.74) is 0.266. The van der Waals surface area contributed by atoms with Gasteiger partial charge in [-0.3, -0.25) is 0 Å². The van der Waals surface area contributed by atoms with E-state index in [2.05, 4.69) is 22.9 Å². The zero-order chi connectivity index (χ0) is 13.8. The zero-order valence-corrected chi connectivity index (χ0v) is 12.6. The maximum atomic E-state index is 11.0. The van der Waals surface area contributed by atoms with Crippen molar-refractivity contribution < 1.29 is 14.6 Å². The Balaban J connectivity index is 2.17. The number of aromatic carboxylic acids is 1. The number of hydrogen-bond acceptors (Lipinski definition) is 2. The molecule has 0 bridgehead atoms. The van der Waals surface area contributed by atoms with Crippen molar-refractivity contribution >= 4 is 21.9 Å². The van der Waals surface area contributed by atoms with Gasteiger partial charge >= 0.3 is 5.97 Å². The molecule has 2 rings (SSSR count). The van der Waals surface area contributed by atoms with Crippen LogP contribution in [0.5, 0.6) is 5.75 Å². The summed E-state index contributed by atoms with van der Waals surface area (Å²) >= 11 is 3.43. The zero-order valence-electron chi connectivity index (χ0n) is 11.1. The van der Waals surface area contributed by atoms with Crippen molar-refractivity contribution in [2.45, 2.75) is 45.1 Å². The summed E-state index contributed by atoms with van der Waals surface area (Å²) in [5, 5.41) is 9.03. The Morgan fingerprint density at radius 3 is 2.84 bits per heavy atom. The SMILES string of the molecule is CCC1CCCCC1Oc1cc(C(=O)O)ccc1Br. The molecule has 104 valence electrons. The molecular weight excluding hydrogens is 308 g/mol. The van der Waals surface area contributed by atoms with Crippen molar-refractivity contribution in [1.29, 1.82) is 0 Å². The summed E-state index contributed by atoms with van der Waals surface area (Å²) in [6.07, 6.45) is 6.05. The van der Waals surface area contributed by atoms with Gasteiger partial charge in [-0.15, -0.1) is 0 Å². The Morgan fingerprint density at radius 1 is 1.42 bits per heavy atom. The molecule has 1 aliphatic carbocycles. The molecule has 0 amide bonds. The molecule has 4 heteroatoms. The van der Waals surface area contributed by atoms with Gasteiger partial charge in [0.1, 0.15) is 11.9 Å². The fraction of sp³-hybridized carbons (Fsp3) is 0.533. The van der Waals surface area contributed by atoms with Crippen LogP contribution in [0.15, 0.2) is 22.7 Å². The minimum absolute atomic E-state index is 0.207. The average molecular weight is 327 g/mol. The first-order valence-corrected chi connectivity index (χ1v) is 7.60. The second kappa shape index (κ2) is 6.42. The fourth-order valence-electron chi connectivity index (χ4n) is 2.69. The molecule has 0 aliphatic heterocycles. The van der Waals surface area contributed by atoms with Crippen molar-refractivity contribution in [2.75, 3.05) is 0 Å². The van der Waals surface area contributed by atoms with Crippen LogP contribution in [-0.2, 0) is 0 Å². The van der Waals surface area contributed by atoms with Gasteiger partial charge in [0.05, 0.1) is 10.0 Å². The van der Waals surface area contributed by atoms with Crippen LogP contribution < -0.4 is 4.74 Å². The smallest absolute Gasteiger partial charge is 0.335 e. The molecule has 0 saturated heterocycles. The number of carboxylic acid groups (broad SMARTS) is 1. The molecule has 2 atom stereocenters. The van der Waals surface area contributed by atoms with E-state index in [0.29, 0.717) is 11.7 Å². The van der Waals surface area contributed by atoms with Crippen LogP contribution in [0.25, 0.3) is 0 Å². The third-order valence-electron chi connectivity index (χ3n) is 3.82. The Labute approximate surface area is 122 Å². The number of benzene rings is 1. The summed E-state index contributed by atoms with van der Waals surface area (Å²) in [4.78, 5) is 11.0. The number of carbonyl (C=O) groups is 1. The molecule has 1 saturated carbocycles. The molecule has 3 nitrogen and oxygen atoms in total. The Morgan fingerprint density at radius 2 is 2.16 bits per heavy atom. The lowest BCUT2D eigenvalue weighted by Crippen LogP contribution is -2.30. The highest BCUT2D eigenvalue weighted by Gasteiger charge is 2.26. The van der Waals surface area contributed by atoms with Crippen molar-refractivity contribution in [3.8, 4) is 5.75 Å². The van der Waals surface area contributed by atoms with E-state index in [1.165, 1.54) is 19.3 Å². The van der Waals surface area contributed by atoms with E-state index in [-0.39, 0.29) is 11.7 Å². The molecule has 1 fully saturated rings.